The molecule has 0 radical (unpaired) electrons. The Labute approximate surface area is 158 Å². The molecule has 8 nitrogen and oxygen atoms in total. The standard InChI is InChI=1S/C19H27NO7/c1-5-7-14-8-6-9-15(10-14)26-16(17(22)23)11-20-19(24)27-18(12(2)3)25-13(4)21/h6,8-10,12,16,18H,5,7,11H2,1-4H3,(H,20,24)(H,22,23)/t16-,18-/m0/s1. The van der Waals surface area contributed by atoms with Crippen molar-refractivity contribution in [1.82, 2.24) is 5.32 Å². The third kappa shape index (κ3) is 8.44. The first-order chi connectivity index (χ1) is 12.7. The van der Waals surface area contributed by atoms with E-state index < -0.39 is 30.4 Å². The van der Waals surface area contributed by atoms with E-state index in [-0.39, 0.29) is 12.5 Å². The van der Waals surface area contributed by atoms with Crippen molar-refractivity contribution in [2.24, 2.45) is 5.92 Å². The zero-order valence-corrected chi connectivity index (χ0v) is 16.1. The van der Waals surface area contributed by atoms with Gasteiger partial charge in [-0.2, -0.15) is 0 Å². The van der Waals surface area contributed by atoms with Crippen LogP contribution >= 0.6 is 0 Å². The summed E-state index contributed by atoms with van der Waals surface area (Å²) in [6.07, 6.45) is -1.44. The Kier molecular flexibility index (Phi) is 9.12. The predicted octanol–water partition coefficient (Wildman–Crippen LogP) is 2.74. The van der Waals surface area contributed by atoms with Crippen LogP contribution in [0.4, 0.5) is 4.79 Å². The zero-order valence-electron chi connectivity index (χ0n) is 16.1. The van der Waals surface area contributed by atoms with Crippen molar-refractivity contribution < 1.29 is 33.7 Å². The Morgan fingerprint density at radius 2 is 1.89 bits per heavy atom. The molecule has 1 rings (SSSR count). The molecule has 0 bridgehead atoms. The van der Waals surface area contributed by atoms with E-state index in [4.69, 9.17) is 14.2 Å². The maximum Gasteiger partial charge on any atom is 0.410 e. The fourth-order valence-electron chi connectivity index (χ4n) is 2.19. The molecular weight excluding hydrogens is 354 g/mol. The van der Waals surface area contributed by atoms with Crippen LogP contribution < -0.4 is 10.1 Å². The van der Waals surface area contributed by atoms with Gasteiger partial charge in [-0.3, -0.25) is 4.79 Å². The second kappa shape index (κ2) is 11.1. The molecule has 0 aliphatic carbocycles. The summed E-state index contributed by atoms with van der Waals surface area (Å²) in [6, 6.07) is 7.15. The summed E-state index contributed by atoms with van der Waals surface area (Å²) in [7, 11) is 0. The number of nitrogens with one attached hydrogen (secondary N) is 1. The molecule has 150 valence electrons. The average Bonchev–Trinajstić information content (AvgIpc) is 2.58. The van der Waals surface area contributed by atoms with Crippen molar-refractivity contribution in [3.8, 4) is 5.75 Å². The zero-order chi connectivity index (χ0) is 20.4. The first-order valence-electron chi connectivity index (χ1n) is 8.83. The molecule has 1 aromatic carbocycles. The molecule has 2 atom stereocenters. The monoisotopic (exact) mass is 381 g/mol. The molecule has 0 aliphatic rings. The van der Waals surface area contributed by atoms with Gasteiger partial charge in [0.2, 0.25) is 6.10 Å². The van der Waals surface area contributed by atoms with Gasteiger partial charge in [0, 0.05) is 12.8 Å². The molecule has 1 amide bonds. The SMILES string of the molecule is CCCc1cccc(O[C@@H](CNC(=O)O[C@H](OC(C)=O)C(C)C)C(=O)O)c1. The van der Waals surface area contributed by atoms with Gasteiger partial charge in [0.1, 0.15) is 5.75 Å². The Hall–Kier alpha value is -2.77. The summed E-state index contributed by atoms with van der Waals surface area (Å²) in [5.74, 6) is -1.66. The predicted molar refractivity (Wildman–Crippen MR) is 97.4 cm³/mol. The smallest absolute Gasteiger partial charge is 0.410 e. The highest BCUT2D eigenvalue weighted by atomic mass is 16.7. The minimum Gasteiger partial charge on any atom is -0.478 e. The number of hydrogen-bond acceptors (Lipinski definition) is 6. The van der Waals surface area contributed by atoms with Crippen molar-refractivity contribution in [1.29, 1.82) is 0 Å². The van der Waals surface area contributed by atoms with Crippen molar-refractivity contribution in [2.75, 3.05) is 6.54 Å². The first kappa shape index (κ1) is 22.3. The minimum atomic E-state index is -1.29. The number of amides is 1. The Balaban J connectivity index is 2.64. The highest BCUT2D eigenvalue weighted by Gasteiger charge is 2.24. The summed E-state index contributed by atoms with van der Waals surface area (Å²) in [6.45, 7) is 6.37. The molecule has 0 saturated heterocycles. The van der Waals surface area contributed by atoms with Crippen LogP contribution in [-0.4, -0.2) is 42.1 Å². The molecular formula is C19H27NO7. The lowest BCUT2D eigenvalue weighted by molar-refractivity contribution is -0.172. The second-order valence-corrected chi connectivity index (χ2v) is 6.35. The van der Waals surface area contributed by atoms with E-state index in [0.717, 1.165) is 18.4 Å². The van der Waals surface area contributed by atoms with Crippen molar-refractivity contribution in [3.63, 3.8) is 0 Å². The Morgan fingerprint density at radius 1 is 1.19 bits per heavy atom. The molecule has 0 aliphatic heterocycles. The topological polar surface area (TPSA) is 111 Å². The normalized spacial score (nSPS) is 12.8. The number of esters is 1. The fourth-order valence-corrected chi connectivity index (χ4v) is 2.19. The summed E-state index contributed by atoms with van der Waals surface area (Å²) in [5, 5.41) is 11.6. The van der Waals surface area contributed by atoms with E-state index in [1.54, 1.807) is 32.0 Å². The quantitative estimate of drug-likeness (QED) is 0.473. The van der Waals surface area contributed by atoms with Gasteiger partial charge < -0.3 is 24.6 Å². The third-order valence-electron chi connectivity index (χ3n) is 3.47. The van der Waals surface area contributed by atoms with Crippen LogP contribution in [0.5, 0.6) is 5.75 Å². The van der Waals surface area contributed by atoms with Gasteiger partial charge in [0.05, 0.1) is 6.54 Å². The number of aliphatic carboxylic acids is 1. The maximum absolute atomic E-state index is 11.9. The van der Waals surface area contributed by atoms with E-state index in [2.05, 4.69) is 5.32 Å². The van der Waals surface area contributed by atoms with Gasteiger partial charge in [-0.05, 0) is 24.1 Å². The molecule has 0 fully saturated rings. The van der Waals surface area contributed by atoms with E-state index in [1.165, 1.54) is 6.92 Å². The van der Waals surface area contributed by atoms with E-state index in [9.17, 15) is 19.5 Å². The lowest BCUT2D eigenvalue weighted by Gasteiger charge is -2.21. The minimum absolute atomic E-state index is 0.257. The summed E-state index contributed by atoms with van der Waals surface area (Å²) >= 11 is 0. The van der Waals surface area contributed by atoms with Crippen LogP contribution in [0.1, 0.15) is 39.7 Å². The number of rotatable bonds is 10. The van der Waals surface area contributed by atoms with E-state index >= 15 is 0 Å². The van der Waals surface area contributed by atoms with E-state index in [0.29, 0.717) is 5.75 Å². The van der Waals surface area contributed by atoms with Gasteiger partial charge in [0.15, 0.2) is 0 Å². The van der Waals surface area contributed by atoms with Crippen molar-refractivity contribution in [2.45, 2.75) is 52.9 Å². The van der Waals surface area contributed by atoms with Gasteiger partial charge in [0.25, 0.3) is 6.29 Å². The van der Waals surface area contributed by atoms with Crippen LogP contribution in [0.15, 0.2) is 24.3 Å². The van der Waals surface area contributed by atoms with Crippen LogP contribution in [0.2, 0.25) is 0 Å². The van der Waals surface area contributed by atoms with Crippen molar-refractivity contribution in [3.05, 3.63) is 29.8 Å². The van der Waals surface area contributed by atoms with Crippen molar-refractivity contribution >= 4 is 18.0 Å². The molecule has 0 unspecified atom stereocenters. The van der Waals surface area contributed by atoms with Gasteiger partial charge in [-0.15, -0.1) is 0 Å². The number of ether oxygens (including phenoxy) is 3. The first-order valence-corrected chi connectivity index (χ1v) is 8.83. The van der Waals surface area contributed by atoms with Crippen LogP contribution in [0.3, 0.4) is 0 Å². The number of aryl methyl sites for hydroxylation is 1. The highest BCUT2D eigenvalue weighted by Crippen LogP contribution is 2.16. The Bertz CT molecular complexity index is 645. The molecule has 0 spiro atoms. The molecule has 27 heavy (non-hydrogen) atoms. The van der Waals surface area contributed by atoms with Crippen LogP contribution in [-0.2, 0) is 25.5 Å². The number of carboxylic acid groups (broad SMARTS) is 1. The molecule has 8 heteroatoms. The van der Waals surface area contributed by atoms with Gasteiger partial charge in [-0.25, -0.2) is 9.59 Å². The third-order valence-corrected chi connectivity index (χ3v) is 3.47. The fraction of sp³-hybridized carbons (Fsp3) is 0.526. The number of carboxylic acids is 1. The second-order valence-electron chi connectivity index (χ2n) is 6.35. The number of carbonyl (C=O) groups excluding carboxylic acids is 2. The molecule has 0 heterocycles. The highest BCUT2D eigenvalue weighted by molar-refractivity contribution is 5.75. The summed E-state index contributed by atoms with van der Waals surface area (Å²) < 4.78 is 15.4. The Morgan fingerprint density at radius 3 is 2.44 bits per heavy atom. The summed E-state index contributed by atoms with van der Waals surface area (Å²) in [5.41, 5.74) is 1.03. The number of benzene rings is 1. The molecule has 1 aromatic rings. The summed E-state index contributed by atoms with van der Waals surface area (Å²) in [4.78, 5) is 34.3. The van der Waals surface area contributed by atoms with E-state index in [1.807, 2.05) is 13.0 Å². The number of carbonyl (C=O) groups is 3. The average molecular weight is 381 g/mol. The van der Waals surface area contributed by atoms with Gasteiger partial charge in [-0.1, -0.05) is 39.3 Å². The largest absolute Gasteiger partial charge is 0.478 e. The van der Waals surface area contributed by atoms with Crippen LogP contribution in [0, 0.1) is 5.92 Å². The molecule has 0 aromatic heterocycles. The lowest BCUT2D eigenvalue weighted by atomic mass is 10.1. The number of hydrogen-bond donors (Lipinski definition) is 2. The lowest BCUT2D eigenvalue weighted by Crippen LogP contribution is -2.42. The van der Waals surface area contributed by atoms with Crippen LogP contribution in [0.25, 0.3) is 0 Å². The van der Waals surface area contributed by atoms with Gasteiger partial charge >= 0.3 is 18.0 Å². The number of alkyl carbamates (subject to hydrolysis) is 1. The molecule has 2 N–H and O–H groups in total. The molecule has 0 saturated carbocycles. The maximum atomic E-state index is 11.9.